The molecule has 2 N–H and O–H groups in total. The largest absolute Gasteiger partial charge is 0.368 e. The molecule has 0 radical (unpaired) electrons. The summed E-state index contributed by atoms with van der Waals surface area (Å²) in [7, 11) is 0. The Morgan fingerprint density at radius 3 is 2.66 bits per heavy atom. The highest BCUT2D eigenvalue weighted by Gasteiger charge is 2.24. The van der Waals surface area contributed by atoms with Crippen LogP contribution in [0, 0.1) is 0 Å². The lowest BCUT2D eigenvalue weighted by molar-refractivity contribution is 0.0946. The van der Waals surface area contributed by atoms with Gasteiger partial charge in [-0.05, 0) is 37.5 Å². The van der Waals surface area contributed by atoms with Crippen molar-refractivity contribution in [2.45, 2.75) is 38.8 Å². The molecule has 3 aromatic heterocycles. The van der Waals surface area contributed by atoms with Crippen molar-refractivity contribution in [1.29, 1.82) is 0 Å². The summed E-state index contributed by atoms with van der Waals surface area (Å²) in [5.74, 6) is -0.0902. The van der Waals surface area contributed by atoms with Crippen LogP contribution < -0.4 is 15.8 Å². The van der Waals surface area contributed by atoms with E-state index >= 15 is 0 Å². The maximum atomic E-state index is 12.1. The van der Waals surface area contributed by atoms with E-state index in [1.807, 2.05) is 19.1 Å². The number of hydrogen-bond donors (Lipinski definition) is 2. The number of piperazine rings is 1. The van der Waals surface area contributed by atoms with Gasteiger partial charge in [0.05, 0.1) is 23.8 Å². The minimum absolute atomic E-state index is 0.0902. The van der Waals surface area contributed by atoms with Crippen LogP contribution in [-0.4, -0.2) is 63.0 Å². The third kappa shape index (κ3) is 4.47. The van der Waals surface area contributed by atoms with E-state index < -0.39 is 0 Å². The van der Waals surface area contributed by atoms with Crippen LogP contribution in [0.15, 0.2) is 35.4 Å². The molecule has 0 atom stereocenters. The Labute approximate surface area is 185 Å². The fraction of sp³-hybridized carbons (Fsp3) is 0.435. The van der Waals surface area contributed by atoms with Crippen LogP contribution in [0.1, 0.15) is 41.5 Å². The summed E-state index contributed by atoms with van der Waals surface area (Å²) < 4.78 is 0. The highest BCUT2D eigenvalue weighted by Crippen LogP contribution is 2.20. The van der Waals surface area contributed by atoms with Gasteiger partial charge in [0, 0.05) is 44.3 Å². The molecule has 1 saturated carbocycles. The standard InChI is InChI=1S/C23H27N7O2/c1-2-15-11-20-21(28-22(15)31)26-17(12-24-20)14-29-7-9-30(10-8-29)18-5-6-19(25-13-18)23(32)27-16-3-4-16/h5-6,11-13,16H,2-4,7-10,14H2,1H3,(H,27,32)(H,26,28,31). The van der Waals surface area contributed by atoms with Crippen LogP contribution >= 0.6 is 0 Å². The van der Waals surface area contributed by atoms with Crippen molar-refractivity contribution in [3.63, 3.8) is 0 Å². The first-order valence-corrected chi connectivity index (χ1v) is 11.2. The molecule has 9 nitrogen and oxygen atoms in total. The zero-order chi connectivity index (χ0) is 22.1. The molecule has 0 aromatic carbocycles. The number of carbonyl (C=O) groups excluding carboxylic acids is 1. The molecule has 0 bridgehead atoms. The third-order valence-electron chi connectivity index (χ3n) is 6.08. The van der Waals surface area contributed by atoms with Gasteiger partial charge >= 0.3 is 0 Å². The molecule has 2 fully saturated rings. The molecule has 166 valence electrons. The number of aryl methyl sites for hydroxylation is 1. The molecule has 1 aliphatic heterocycles. The van der Waals surface area contributed by atoms with Crippen molar-refractivity contribution in [2.75, 3.05) is 31.1 Å². The molecule has 1 amide bonds. The average molecular weight is 434 g/mol. The molecule has 4 heterocycles. The number of H-pyrrole nitrogens is 1. The number of aromatic nitrogens is 4. The summed E-state index contributed by atoms with van der Waals surface area (Å²) in [6, 6.07) is 5.92. The van der Waals surface area contributed by atoms with Gasteiger partial charge in [0.2, 0.25) is 0 Å². The quantitative estimate of drug-likeness (QED) is 0.606. The fourth-order valence-corrected chi connectivity index (χ4v) is 3.98. The number of hydrogen-bond acceptors (Lipinski definition) is 7. The minimum Gasteiger partial charge on any atom is -0.368 e. The summed E-state index contributed by atoms with van der Waals surface area (Å²) in [5.41, 5.74) is 4.24. The maximum absolute atomic E-state index is 12.1. The normalized spacial score (nSPS) is 17.0. The Morgan fingerprint density at radius 1 is 1.16 bits per heavy atom. The number of rotatable bonds is 6. The number of anilines is 1. The lowest BCUT2D eigenvalue weighted by Crippen LogP contribution is -2.46. The molecule has 2 aliphatic rings. The number of aromatic amines is 1. The van der Waals surface area contributed by atoms with E-state index in [0.717, 1.165) is 61.5 Å². The van der Waals surface area contributed by atoms with Gasteiger partial charge in [-0.25, -0.2) is 9.97 Å². The monoisotopic (exact) mass is 433 g/mol. The zero-order valence-corrected chi connectivity index (χ0v) is 18.2. The zero-order valence-electron chi connectivity index (χ0n) is 18.2. The van der Waals surface area contributed by atoms with Crippen LogP contribution in [-0.2, 0) is 13.0 Å². The molecule has 5 rings (SSSR count). The summed E-state index contributed by atoms with van der Waals surface area (Å²) in [5, 5.41) is 2.97. The van der Waals surface area contributed by atoms with Crippen LogP contribution in [0.3, 0.4) is 0 Å². The Balaban J connectivity index is 1.18. The predicted molar refractivity (Wildman–Crippen MR) is 122 cm³/mol. The molecule has 1 saturated heterocycles. The molecule has 0 spiro atoms. The summed E-state index contributed by atoms with van der Waals surface area (Å²) in [6.07, 6.45) is 6.38. The van der Waals surface area contributed by atoms with Gasteiger partial charge in [0.25, 0.3) is 11.5 Å². The van der Waals surface area contributed by atoms with Crippen LogP contribution in [0.5, 0.6) is 0 Å². The lowest BCUT2D eigenvalue weighted by atomic mass is 10.2. The summed E-state index contributed by atoms with van der Waals surface area (Å²) in [4.78, 5) is 45.1. The Morgan fingerprint density at radius 2 is 1.97 bits per heavy atom. The molecular formula is C23H27N7O2. The molecule has 32 heavy (non-hydrogen) atoms. The second kappa shape index (κ2) is 8.66. The van der Waals surface area contributed by atoms with Gasteiger partial charge in [0.1, 0.15) is 11.2 Å². The number of nitrogens with one attached hydrogen (secondary N) is 2. The predicted octanol–water partition coefficient (Wildman–Crippen LogP) is 1.49. The number of amides is 1. The highest BCUT2D eigenvalue weighted by atomic mass is 16.2. The van der Waals surface area contributed by atoms with Crippen molar-refractivity contribution in [3.05, 3.63) is 57.9 Å². The number of nitrogens with zero attached hydrogens (tertiary/aromatic N) is 5. The van der Waals surface area contributed by atoms with Crippen molar-refractivity contribution in [2.24, 2.45) is 0 Å². The van der Waals surface area contributed by atoms with E-state index in [1.54, 1.807) is 18.5 Å². The van der Waals surface area contributed by atoms with Gasteiger partial charge in [-0.1, -0.05) is 6.92 Å². The molecular weight excluding hydrogens is 406 g/mol. The smallest absolute Gasteiger partial charge is 0.270 e. The van der Waals surface area contributed by atoms with E-state index in [2.05, 4.69) is 35.1 Å². The third-order valence-corrected chi connectivity index (χ3v) is 6.08. The summed E-state index contributed by atoms with van der Waals surface area (Å²) >= 11 is 0. The van der Waals surface area contributed by atoms with E-state index in [0.29, 0.717) is 30.3 Å². The molecule has 9 heteroatoms. The second-order valence-electron chi connectivity index (χ2n) is 8.49. The van der Waals surface area contributed by atoms with Gasteiger partial charge < -0.3 is 15.2 Å². The van der Waals surface area contributed by atoms with Crippen LogP contribution in [0.4, 0.5) is 5.69 Å². The first kappa shape index (κ1) is 20.6. The molecule has 3 aromatic rings. The Kier molecular flexibility index (Phi) is 5.57. The van der Waals surface area contributed by atoms with Crippen molar-refractivity contribution in [3.8, 4) is 0 Å². The fourth-order valence-electron chi connectivity index (χ4n) is 3.98. The summed E-state index contributed by atoms with van der Waals surface area (Å²) in [6.45, 7) is 6.14. The van der Waals surface area contributed by atoms with Gasteiger partial charge in [-0.2, -0.15) is 0 Å². The number of carbonyl (C=O) groups is 1. The molecule has 0 unspecified atom stereocenters. The maximum Gasteiger partial charge on any atom is 0.270 e. The van der Waals surface area contributed by atoms with Gasteiger partial charge in [-0.3, -0.25) is 19.5 Å². The van der Waals surface area contributed by atoms with Crippen LogP contribution in [0.2, 0.25) is 0 Å². The van der Waals surface area contributed by atoms with Crippen molar-refractivity contribution >= 4 is 22.8 Å². The minimum atomic E-state index is -0.0929. The second-order valence-corrected chi connectivity index (χ2v) is 8.49. The SMILES string of the molecule is CCc1cc2ncc(CN3CCN(c4ccc(C(=O)NC5CC5)nc4)CC3)nc2[nH]c1=O. The Bertz CT molecular complexity index is 1180. The topological polar surface area (TPSA) is 107 Å². The van der Waals surface area contributed by atoms with E-state index in [-0.39, 0.29) is 11.5 Å². The van der Waals surface area contributed by atoms with Gasteiger partial charge in [0.15, 0.2) is 5.65 Å². The first-order chi connectivity index (χ1) is 15.6. The van der Waals surface area contributed by atoms with Crippen molar-refractivity contribution < 1.29 is 4.79 Å². The number of fused-ring (bicyclic) bond motifs is 1. The van der Waals surface area contributed by atoms with E-state index in [9.17, 15) is 9.59 Å². The van der Waals surface area contributed by atoms with Crippen molar-refractivity contribution in [1.82, 2.24) is 30.2 Å². The lowest BCUT2D eigenvalue weighted by Gasteiger charge is -2.35. The van der Waals surface area contributed by atoms with E-state index in [1.165, 1.54) is 0 Å². The van der Waals surface area contributed by atoms with Crippen LogP contribution in [0.25, 0.3) is 11.2 Å². The average Bonchev–Trinajstić information content (AvgIpc) is 3.63. The first-order valence-electron chi connectivity index (χ1n) is 11.2. The highest BCUT2D eigenvalue weighted by molar-refractivity contribution is 5.92. The Hall–Kier alpha value is -3.33. The van der Waals surface area contributed by atoms with E-state index in [4.69, 9.17) is 0 Å². The molecule has 1 aliphatic carbocycles. The number of pyridine rings is 2. The van der Waals surface area contributed by atoms with Gasteiger partial charge in [-0.15, -0.1) is 0 Å².